The number of carbonyl (C=O) groups excluding carboxylic acids is 1. The van der Waals surface area contributed by atoms with Gasteiger partial charge in [-0.05, 0) is 46.3 Å². The Balaban J connectivity index is 1.87. The molecular weight excluding hydrogens is 226 g/mol. The van der Waals surface area contributed by atoms with Gasteiger partial charge in [-0.1, -0.05) is 0 Å². The third kappa shape index (κ3) is 3.45. The Labute approximate surface area is 111 Å². The van der Waals surface area contributed by atoms with Gasteiger partial charge in [0.25, 0.3) is 0 Å². The molecule has 0 aromatic carbocycles. The Bertz CT molecular complexity index is 279. The quantitative estimate of drug-likeness (QED) is 0.813. The predicted molar refractivity (Wildman–Crippen MR) is 73.5 cm³/mol. The van der Waals surface area contributed by atoms with Crippen LogP contribution in [0.4, 0.5) is 0 Å². The zero-order valence-corrected chi connectivity index (χ0v) is 11.9. The normalized spacial score (nSPS) is 28.9. The maximum absolute atomic E-state index is 12.2. The zero-order valence-electron chi connectivity index (χ0n) is 11.9. The van der Waals surface area contributed by atoms with Crippen LogP contribution in [0.25, 0.3) is 0 Å². The second-order valence-electron chi connectivity index (χ2n) is 6.25. The first-order chi connectivity index (χ1) is 8.61. The van der Waals surface area contributed by atoms with Crippen molar-refractivity contribution < 1.29 is 4.79 Å². The van der Waals surface area contributed by atoms with Crippen molar-refractivity contribution in [1.29, 1.82) is 0 Å². The van der Waals surface area contributed by atoms with E-state index in [1.165, 1.54) is 25.7 Å². The van der Waals surface area contributed by atoms with Crippen LogP contribution in [0, 0.1) is 5.41 Å². The third-order valence-electron chi connectivity index (χ3n) is 4.35. The van der Waals surface area contributed by atoms with Gasteiger partial charge in [0.15, 0.2) is 0 Å². The standard InChI is InChI=1S/C14H27N3O/c1-16(2)10-5-13(18)17-9-4-7-14(12-17)6-3-8-15-11-14/h15H,3-12H2,1-2H3. The van der Waals surface area contributed by atoms with E-state index in [4.69, 9.17) is 0 Å². The SMILES string of the molecule is CN(C)CCC(=O)N1CCCC2(CCCNC2)C1. The van der Waals surface area contributed by atoms with Gasteiger partial charge in [0.2, 0.25) is 5.91 Å². The summed E-state index contributed by atoms with van der Waals surface area (Å²) < 4.78 is 0. The van der Waals surface area contributed by atoms with E-state index in [-0.39, 0.29) is 0 Å². The summed E-state index contributed by atoms with van der Waals surface area (Å²) in [5.41, 5.74) is 0.379. The smallest absolute Gasteiger partial charge is 0.223 e. The molecule has 4 nitrogen and oxygen atoms in total. The molecular formula is C14H27N3O. The molecule has 0 aromatic rings. The molecule has 0 radical (unpaired) electrons. The second-order valence-corrected chi connectivity index (χ2v) is 6.25. The molecule has 1 N–H and O–H groups in total. The number of rotatable bonds is 3. The maximum Gasteiger partial charge on any atom is 0.223 e. The minimum atomic E-state index is 0.341. The van der Waals surface area contributed by atoms with Crippen molar-refractivity contribution in [2.24, 2.45) is 5.41 Å². The summed E-state index contributed by atoms with van der Waals surface area (Å²) >= 11 is 0. The van der Waals surface area contributed by atoms with Crippen LogP contribution in [0.3, 0.4) is 0 Å². The molecule has 2 fully saturated rings. The zero-order chi connectivity index (χ0) is 13.0. The van der Waals surface area contributed by atoms with Crippen molar-refractivity contribution >= 4 is 5.91 Å². The Morgan fingerprint density at radius 3 is 2.78 bits per heavy atom. The van der Waals surface area contributed by atoms with Gasteiger partial charge < -0.3 is 15.1 Å². The van der Waals surface area contributed by atoms with Crippen molar-refractivity contribution in [3.8, 4) is 0 Å². The lowest BCUT2D eigenvalue weighted by Gasteiger charge is -2.45. The molecule has 2 aliphatic heterocycles. The first-order valence-electron chi connectivity index (χ1n) is 7.25. The van der Waals surface area contributed by atoms with Crippen LogP contribution < -0.4 is 5.32 Å². The van der Waals surface area contributed by atoms with E-state index in [1.54, 1.807) is 0 Å². The Hall–Kier alpha value is -0.610. The molecule has 18 heavy (non-hydrogen) atoms. The van der Waals surface area contributed by atoms with Crippen molar-refractivity contribution in [3.63, 3.8) is 0 Å². The van der Waals surface area contributed by atoms with Gasteiger partial charge in [0.05, 0.1) is 0 Å². The average Bonchev–Trinajstić information content (AvgIpc) is 2.37. The molecule has 2 heterocycles. The van der Waals surface area contributed by atoms with Crippen LogP contribution >= 0.6 is 0 Å². The monoisotopic (exact) mass is 253 g/mol. The molecule has 1 unspecified atom stereocenters. The van der Waals surface area contributed by atoms with Crippen molar-refractivity contribution in [2.75, 3.05) is 46.8 Å². The number of hydrogen-bond acceptors (Lipinski definition) is 3. The largest absolute Gasteiger partial charge is 0.342 e. The number of carbonyl (C=O) groups is 1. The Kier molecular flexibility index (Phi) is 4.62. The van der Waals surface area contributed by atoms with E-state index in [9.17, 15) is 4.79 Å². The van der Waals surface area contributed by atoms with Crippen molar-refractivity contribution in [3.05, 3.63) is 0 Å². The summed E-state index contributed by atoms with van der Waals surface area (Å²) in [4.78, 5) is 16.4. The Morgan fingerprint density at radius 2 is 2.11 bits per heavy atom. The first-order valence-corrected chi connectivity index (χ1v) is 7.25. The number of nitrogens with zero attached hydrogens (tertiary/aromatic N) is 2. The van der Waals surface area contributed by atoms with E-state index in [1.807, 2.05) is 14.1 Å². The molecule has 2 rings (SSSR count). The summed E-state index contributed by atoms with van der Waals surface area (Å²) in [7, 11) is 4.05. The van der Waals surface area contributed by atoms with Gasteiger partial charge in [-0.25, -0.2) is 0 Å². The highest BCUT2D eigenvalue weighted by Crippen LogP contribution is 2.35. The van der Waals surface area contributed by atoms with Crippen LogP contribution in [0.2, 0.25) is 0 Å². The number of nitrogens with one attached hydrogen (secondary N) is 1. The fourth-order valence-electron chi connectivity index (χ4n) is 3.28. The molecule has 1 amide bonds. The summed E-state index contributed by atoms with van der Waals surface area (Å²) in [6.07, 6.45) is 5.68. The highest BCUT2D eigenvalue weighted by Gasteiger charge is 2.37. The fourth-order valence-corrected chi connectivity index (χ4v) is 3.28. The molecule has 4 heteroatoms. The van der Waals surface area contributed by atoms with E-state index in [0.29, 0.717) is 17.7 Å². The lowest BCUT2D eigenvalue weighted by molar-refractivity contribution is -0.135. The fraction of sp³-hybridized carbons (Fsp3) is 0.929. The van der Waals surface area contributed by atoms with Gasteiger partial charge in [0, 0.05) is 38.0 Å². The molecule has 0 aliphatic carbocycles. The number of hydrogen-bond donors (Lipinski definition) is 1. The molecule has 0 aromatic heterocycles. The van der Waals surface area contributed by atoms with Crippen molar-refractivity contribution in [1.82, 2.24) is 15.1 Å². The molecule has 2 aliphatic rings. The van der Waals surface area contributed by atoms with Crippen LogP contribution in [0.15, 0.2) is 0 Å². The van der Waals surface area contributed by atoms with E-state index >= 15 is 0 Å². The van der Waals surface area contributed by atoms with E-state index < -0.39 is 0 Å². The highest BCUT2D eigenvalue weighted by molar-refractivity contribution is 5.76. The van der Waals surface area contributed by atoms with Crippen LogP contribution in [0.5, 0.6) is 0 Å². The minimum Gasteiger partial charge on any atom is -0.342 e. The van der Waals surface area contributed by atoms with E-state index in [2.05, 4.69) is 15.1 Å². The lowest BCUT2D eigenvalue weighted by Crippen LogP contribution is -2.52. The van der Waals surface area contributed by atoms with E-state index in [0.717, 1.165) is 32.7 Å². The third-order valence-corrected chi connectivity index (χ3v) is 4.35. The van der Waals surface area contributed by atoms with Crippen LogP contribution in [-0.4, -0.2) is 62.5 Å². The minimum absolute atomic E-state index is 0.341. The summed E-state index contributed by atoms with van der Waals surface area (Å²) in [6.45, 7) is 5.06. The van der Waals surface area contributed by atoms with Gasteiger partial charge in [-0.3, -0.25) is 4.79 Å². The predicted octanol–water partition coefficient (Wildman–Crippen LogP) is 0.930. The summed E-state index contributed by atoms with van der Waals surface area (Å²) in [5.74, 6) is 0.341. The number of amides is 1. The first kappa shape index (κ1) is 13.8. The van der Waals surface area contributed by atoms with Gasteiger partial charge in [0.1, 0.15) is 0 Å². The van der Waals surface area contributed by atoms with Crippen molar-refractivity contribution in [2.45, 2.75) is 32.1 Å². The average molecular weight is 253 g/mol. The number of piperidine rings is 2. The Morgan fingerprint density at radius 1 is 1.33 bits per heavy atom. The molecule has 1 spiro atoms. The molecule has 1 atom stereocenters. The summed E-state index contributed by atoms with van der Waals surface area (Å²) in [5, 5.41) is 3.51. The molecule has 104 valence electrons. The van der Waals surface area contributed by atoms with Gasteiger partial charge in [-0.2, -0.15) is 0 Å². The molecule has 2 saturated heterocycles. The lowest BCUT2D eigenvalue weighted by atomic mass is 9.74. The molecule has 0 saturated carbocycles. The van der Waals surface area contributed by atoms with Gasteiger partial charge in [-0.15, -0.1) is 0 Å². The summed E-state index contributed by atoms with van der Waals surface area (Å²) in [6, 6.07) is 0. The maximum atomic E-state index is 12.2. The van der Waals surface area contributed by atoms with Gasteiger partial charge >= 0.3 is 0 Å². The van der Waals surface area contributed by atoms with Crippen LogP contribution in [-0.2, 0) is 4.79 Å². The number of likely N-dealkylation sites (tertiary alicyclic amines) is 1. The van der Waals surface area contributed by atoms with Crippen LogP contribution in [0.1, 0.15) is 32.1 Å². The molecule has 0 bridgehead atoms. The highest BCUT2D eigenvalue weighted by atomic mass is 16.2. The topological polar surface area (TPSA) is 35.6 Å². The second kappa shape index (κ2) is 6.02.